The Morgan fingerprint density at radius 3 is 2.10 bits per heavy atom. The lowest BCUT2D eigenvalue weighted by Gasteiger charge is -2.11. The minimum absolute atomic E-state index is 0.271. The number of rotatable bonds is 4. The molecule has 0 amide bonds. The van der Waals surface area contributed by atoms with Crippen LogP contribution in [0.2, 0.25) is 0 Å². The van der Waals surface area contributed by atoms with Crippen molar-refractivity contribution in [3.05, 3.63) is 53.6 Å². The number of anilines is 1. The van der Waals surface area contributed by atoms with Gasteiger partial charge in [-0.25, -0.2) is 8.42 Å². The van der Waals surface area contributed by atoms with E-state index in [2.05, 4.69) is 13.8 Å². The Labute approximate surface area is 126 Å². The number of hydrogen-bond donors (Lipinski definition) is 1. The fourth-order valence-corrected chi connectivity index (χ4v) is 3.63. The van der Waals surface area contributed by atoms with Crippen LogP contribution >= 0.6 is 0 Å². The zero-order valence-corrected chi connectivity index (χ0v) is 13.4. The van der Waals surface area contributed by atoms with Crippen molar-refractivity contribution in [2.24, 2.45) is 5.92 Å². The molecule has 0 unspecified atom stereocenters. The average Bonchev–Trinajstić information content (AvgIpc) is 2.41. The van der Waals surface area contributed by atoms with E-state index in [1.165, 1.54) is 5.56 Å². The van der Waals surface area contributed by atoms with Crippen molar-refractivity contribution in [3.8, 4) is 0 Å². The van der Waals surface area contributed by atoms with Crippen LogP contribution in [0, 0.1) is 12.8 Å². The summed E-state index contributed by atoms with van der Waals surface area (Å²) in [6.07, 6.45) is 0.952. The lowest BCUT2D eigenvalue weighted by molar-refractivity contribution is 0.596. The van der Waals surface area contributed by atoms with E-state index in [9.17, 15) is 8.42 Å². The van der Waals surface area contributed by atoms with Crippen molar-refractivity contribution < 1.29 is 8.42 Å². The second-order valence-corrected chi connectivity index (χ2v) is 7.71. The lowest BCUT2D eigenvalue weighted by Crippen LogP contribution is -2.04. The molecule has 3 nitrogen and oxygen atoms in total. The van der Waals surface area contributed by atoms with E-state index in [0.29, 0.717) is 16.5 Å². The van der Waals surface area contributed by atoms with Crippen molar-refractivity contribution in [3.63, 3.8) is 0 Å². The van der Waals surface area contributed by atoms with Crippen LogP contribution in [0.25, 0.3) is 0 Å². The number of nitrogens with two attached hydrogens (primary N) is 1. The summed E-state index contributed by atoms with van der Waals surface area (Å²) in [7, 11) is -3.48. The van der Waals surface area contributed by atoms with E-state index < -0.39 is 9.84 Å². The van der Waals surface area contributed by atoms with Crippen LogP contribution < -0.4 is 5.73 Å². The van der Waals surface area contributed by atoms with Crippen molar-refractivity contribution in [2.75, 3.05) is 5.73 Å². The molecular formula is C17H21NO2S. The number of aryl methyl sites for hydroxylation is 1. The molecule has 0 bridgehead atoms. The highest BCUT2D eigenvalue weighted by Gasteiger charge is 2.18. The smallest absolute Gasteiger partial charge is 0.206 e. The Hall–Kier alpha value is -1.81. The van der Waals surface area contributed by atoms with Gasteiger partial charge in [-0.15, -0.1) is 0 Å². The molecule has 0 aliphatic carbocycles. The Kier molecular flexibility index (Phi) is 4.37. The fraction of sp³-hybridized carbons (Fsp3) is 0.294. The Bertz CT molecular complexity index is 732. The Balaban J connectivity index is 2.41. The topological polar surface area (TPSA) is 60.2 Å². The summed E-state index contributed by atoms with van der Waals surface area (Å²) >= 11 is 0. The molecule has 0 atom stereocenters. The standard InChI is InChI=1S/C17H21NO2S/c1-12(2)10-14-4-7-17(11-13(14)3)21(19,20)16-8-5-15(18)6-9-16/h4-9,11-12H,10,18H2,1-3H3. The lowest BCUT2D eigenvalue weighted by atomic mass is 9.99. The highest BCUT2D eigenvalue weighted by Crippen LogP contribution is 2.24. The molecule has 0 saturated carbocycles. The quantitative estimate of drug-likeness (QED) is 0.878. The third-order valence-electron chi connectivity index (χ3n) is 3.44. The van der Waals surface area contributed by atoms with Gasteiger partial charge in [0, 0.05) is 5.69 Å². The zero-order chi connectivity index (χ0) is 15.6. The summed E-state index contributed by atoms with van der Waals surface area (Å²) in [6, 6.07) is 11.7. The third kappa shape index (κ3) is 3.45. The van der Waals surface area contributed by atoms with Crippen molar-refractivity contribution in [1.29, 1.82) is 0 Å². The molecular weight excluding hydrogens is 282 g/mol. The van der Waals surface area contributed by atoms with E-state index in [-0.39, 0.29) is 4.90 Å². The molecule has 0 aliphatic rings. The van der Waals surface area contributed by atoms with Crippen molar-refractivity contribution >= 4 is 15.5 Å². The van der Waals surface area contributed by atoms with E-state index in [1.54, 1.807) is 36.4 Å². The molecule has 2 aromatic rings. The first-order chi connectivity index (χ1) is 9.80. The van der Waals surface area contributed by atoms with Crippen LogP contribution in [0.5, 0.6) is 0 Å². The van der Waals surface area contributed by atoms with Gasteiger partial charge in [0.1, 0.15) is 0 Å². The minimum atomic E-state index is -3.48. The number of nitrogen functional groups attached to an aromatic ring is 1. The van der Waals surface area contributed by atoms with Crippen LogP contribution in [-0.2, 0) is 16.3 Å². The molecule has 2 N–H and O–H groups in total. The first-order valence-corrected chi connectivity index (χ1v) is 8.49. The van der Waals surface area contributed by atoms with Gasteiger partial charge in [-0.1, -0.05) is 19.9 Å². The van der Waals surface area contributed by atoms with E-state index in [4.69, 9.17) is 5.73 Å². The second-order valence-electron chi connectivity index (χ2n) is 5.76. The number of benzene rings is 2. The van der Waals surface area contributed by atoms with Crippen molar-refractivity contribution in [2.45, 2.75) is 37.0 Å². The second kappa shape index (κ2) is 5.90. The van der Waals surface area contributed by atoms with E-state index in [0.717, 1.165) is 12.0 Å². The van der Waals surface area contributed by atoms with Gasteiger partial charge in [0.25, 0.3) is 0 Å². The number of hydrogen-bond acceptors (Lipinski definition) is 3. The first kappa shape index (κ1) is 15.6. The minimum Gasteiger partial charge on any atom is -0.399 e. The largest absolute Gasteiger partial charge is 0.399 e. The third-order valence-corrected chi connectivity index (χ3v) is 5.21. The van der Waals surface area contributed by atoms with Crippen molar-refractivity contribution in [1.82, 2.24) is 0 Å². The van der Waals surface area contributed by atoms with Crippen LogP contribution in [0.4, 0.5) is 5.69 Å². The predicted octanol–water partition coefficient (Wildman–Crippen LogP) is 3.61. The molecule has 4 heteroatoms. The SMILES string of the molecule is Cc1cc(S(=O)(=O)c2ccc(N)cc2)ccc1CC(C)C. The van der Waals surface area contributed by atoms with Crippen LogP contribution in [-0.4, -0.2) is 8.42 Å². The molecule has 0 fully saturated rings. The average molecular weight is 303 g/mol. The summed E-state index contributed by atoms with van der Waals surface area (Å²) in [5.74, 6) is 0.545. The van der Waals surface area contributed by atoms with Gasteiger partial charge in [0.05, 0.1) is 9.79 Å². The first-order valence-electron chi connectivity index (χ1n) is 7.01. The molecule has 0 radical (unpaired) electrons. The van der Waals surface area contributed by atoms with Gasteiger partial charge in [-0.3, -0.25) is 0 Å². The summed E-state index contributed by atoms with van der Waals surface area (Å²) < 4.78 is 25.2. The van der Waals surface area contributed by atoms with Gasteiger partial charge < -0.3 is 5.73 Å². The van der Waals surface area contributed by atoms with Gasteiger partial charge in [-0.05, 0) is 66.8 Å². The van der Waals surface area contributed by atoms with Gasteiger partial charge >= 0.3 is 0 Å². The Morgan fingerprint density at radius 2 is 1.57 bits per heavy atom. The maximum Gasteiger partial charge on any atom is 0.206 e. The fourth-order valence-electron chi connectivity index (χ4n) is 2.29. The predicted molar refractivity (Wildman–Crippen MR) is 86.0 cm³/mol. The monoisotopic (exact) mass is 303 g/mol. The molecule has 0 spiro atoms. The highest BCUT2D eigenvalue weighted by atomic mass is 32.2. The number of sulfone groups is 1. The molecule has 0 aromatic heterocycles. The summed E-state index contributed by atoms with van der Waals surface area (Å²) in [5, 5.41) is 0. The maximum absolute atomic E-state index is 12.6. The summed E-state index contributed by atoms with van der Waals surface area (Å²) in [4.78, 5) is 0.602. The van der Waals surface area contributed by atoms with E-state index >= 15 is 0 Å². The zero-order valence-electron chi connectivity index (χ0n) is 12.6. The molecule has 0 saturated heterocycles. The molecule has 2 rings (SSSR count). The van der Waals surface area contributed by atoms with Crippen LogP contribution in [0.15, 0.2) is 52.3 Å². The molecule has 21 heavy (non-hydrogen) atoms. The Morgan fingerprint density at radius 1 is 1.00 bits per heavy atom. The molecule has 2 aromatic carbocycles. The van der Waals surface area contributed by atoms with Gasteiger partial charge in [0.15, 0.2) is 0 Å². The van der Waals surface area contributed by atoms with E-state index in [1.807, 2.05) is 13.0 Å². The van der Waals surface area contributed by atoms with Crippen LogP contribution in [0.3, 0.4) is 0 Å². The normalized spacial score (nSPS) is 11.8. The molecule has 0 heterocycles. The maximum atomic E-state index is 12.6. The molecule has 0 aliphatic heterocycles. The van der Waals surface area contributed by atoms with Crippen LogP contribution in [0.1, 0.15) is 25.0 Å². The molecule has 112 valence electrons. The summed E-state index contributed by atoms with van der Waals surface area (Å²) in [5.41, 5.74) is 8.37. The highest BCUT2D eigenvalue weighted by molar-refractivity contribution is 7.91. The van der Waals surface area contributed by atoms with Gasteiger partial charge in [-0.2, -0.15) is 0 Å². The van der Waals surface area contributed by atoms with Gasteiger partial charge in [0.2, 0.25) is 9.84 Å². The summed E-state index contributed by atoms with van der Waals surface area (Å²) in [6.45, 7) is 6.26.